The highest BCUT2D eigenvalue weighted by molar-refractivity contribution is 5.71. The lowest BCUT2D eigenvalue weighted by Crippen LogP contribution is -2.30. The SMILES string of the molecule is CC/C=C\C/C=C\C/C=C\C/C=C\C/C=C\C/C=C\C/C=C\CCCCCCCCCCCCCC(=O)OCC(COC(=O)CCCCCCC/C=C\CCCC)OC(=O)CCCCCCC/C=C\C/C=C\CCCCCC. The van der Waals surface area contributed by atoms with Crippen LogP contribution in [0.25, 0.3) is 0 Å². The van der Waals surface area contributed by atoms with Crippen LogP contribution in [-0.2, 0) is 28.6 Å². The van der Waals surface area contributed by atoms with Crippen molar-refractivity contribution in [3.8, 4) is 0 Å². The maximum absolute atomic E-state index is 12.9. The van der Waals surface area contributed by atoms with Gasteiger partial charge in [0.15, 0.2) is 6.10 Å². The van der Waals surface area contributed by atoms with E-state index in [9.17, 15) is 14.4 Å². The first kappa shape index (κ1) is 73.8. The second-order valence-corrected chi connectivity index (χ2v) is 21.3. The van der Waals surface area contributed by atoms with E-state index in [-0.39, 0.29) is 31.1 Å². The van der Waals surface area contributed by atoms with Crippen LogP contribution in [0.4, 0.5) is 0 Å². The summed E-state index contributed by atoms with van der Waals surface area (Å²) in [6.07, 6.45) is 90.7. The van der Waals surface area contributed by atoms with Crippen LogP contribution >= 0.6 is 0 Å². The molecule has 0 rings (SSSR count). The van der Waals surface area contributed by atoms with Crippen molar-refractivity contribution in [3.05, 3.63) is 122 Å². The number of carbonyl (C=O) groups is 3. The minimum atomic E-state index is -0.792. The van der Waals surface area contributed by atoms with E-state index in [1.807, 2.05) is 0 Å². The normalized spacial score (nSPS) is 12.9. The number of unbranched alkanes of at least 4 members (excludes halogenated alkanes) is 27. The Balaban J connectivity index is 4.22. The van der Waals surface area contributed by atoms with Crippen molar-refractivity contribution in [2.45, 2.75) is 303 Å². The molecule has 6 heteroatoms. The Kier molecular flexibility index (Phi) is 61.8. The molecule has 0 heterocycles. The molecule has 0 N–H and O–H groups in total. The van der Waals surface area contributed by atoms with Crippen molar-refractivity contribution in [2.75, 3.05) is 13.2 Å². The number of hydrogen-bond acceptors (Lipinski definition) is 6. The van der Waals surface area contributed by atoms with Crippen molar-refractivity contribution in [2.24, 2.45) is 0 Å². The van der Waals surface area contributed by atoms with Gasteiger partial charge in [-0.1, -0.05) is 271 Å². The Morgan fingerprint density at radius 2 is 0.513 bits per heavy atom. The molecule has 0 radical (unpaired) electrons. The van der Waals surface area contributed by atoms with Crippen LogP contribution in [0.5, 0.6) is 0 Å². The van der Waals surface area contributed by atoms with Crippen molar-refractivity contribution >= 4 is 17.9 Å². The summed E-state index contributed by atoms with van der Waals surface area (Å²) in [5, 5.41) is 0. The summed E-state index contributed by atoms with van der Waals surface area (Å²) in [6.45, 7) is 6.46. The fourth-order valence-electron chi connectivity index (χ4n) is 8.79. The number of carbonyl (C=O) groups excluding carboxylic acids is 3. The largest absolute Gasteiger partial charge is 0.462 e. The monoisotopic (exact) mass is 1080 g/mol. The third kappa shape index (κ3) is 62.7. The molecule has 0 bridgehead atoms. The van der Waals surface area contributed by atoms with E-state index in [0.29, 0.717) is 19.3 Å². The molecule has 0 aliphatic heterocycles. The van der Waals surface area contributed by atoms with Crippen LogP contribution < -0.4 is 0 Å². The minimum absolute atomic E-state index is 0.0885. The van der Waals surface area contributed by atoms with Crippen LogP contribution in [0.2, 0.25) is 0 Å². The van der Waals surface area contributed by atoms with Crippen molar-refractivity contribution in [1.82, 2.24) is 0 Å². The molecule has 0 aromatic carbocycles. The fourth-order valence-corrected chi connectivity index (χ4v) is 8.79. The molecule has 0 aromatic heterocycles. The topological polar surface area (TPSA) is 78.9 Å². The summed E-state index contributed by atoms with van der Waals surface area (Å²) >= 11 is 0. The second-order valence-electron chi connectivity index (χ2n) is 21.3. The smallest absolute Gasteiger partial charge is 0.306 e. The first-order valence-electron chi connectivity index (χ1n) is 32.5. The molecule has 78 heavy (non-hydrogen) atoms. The zero-order valence-corrected chi connectivity index (χ0v) is 50.9. The van der Waals surface area contributed by atoms with Crippen LogP contribution in [0, 0.1) is 0 Å². The molecule has 0 aliphatic carbocycles. The van der Waals surface area contributed by atoms with Gasteiger partial charge in [0.05, 0.1) is 0 Å². The fraction of sp³-hybridized carbons (Fsp3) is 0.681. The number of ether oxygens (including phenoxy) is 3. The molecular weight excluding hydrogens is 961 g/mol. The van der Waals surface area contributed by atoms with Crippen molar-refractivity contribution in [3.63, 3.8) is 0 Å². The maximum Gasteiger partial charge on any atom is 0.306 e. The Labute approximate surface area is 482 Å². The van der Waals surface area contributed by atoms with E-state index in [1.54, 1.807) is 0 Å². The van der Waals surface area contributed by atoms with E-state index in [0.717, 1.165) is 135 Å². The van der Waals surface area contributed by atoms with Gasteiger partial charge in [0, 0.05) is 19.3 Å². The van der Waals surface area contributed by atoms with Crippen LogP contribution in [0.3, 0.4) is 0 Å². The van der Waals surface area contributed by atoms with Gasteiger partial charge in [-0.2, -0.15) is 0 Å². The van der Waals surface area contributed by atoms with Gasteiger partial charge in [-0.3, -0.25) is 14.4 Å². The van der Waals surface area contributed by atoms with Crippen LogP contribution in [0.15, 0.2) is 122 Å². The molecule has 0 aromatic rings. The molecule has 1 unspecified atom stereocenters. The molecule has 444 valence electrons. The number of rotatable bonds is 58. The van der Waals surface area contributed by atoms with Crippen molar-refractivity contribution in [1.29, 1.82) is 0 Å². The zero-order valence-electron chi connectivity index (χ0n) is 50.9. The highest BCUT2D eigenvalue weighted by Crippen LogP contribution is 2.15. The molecule has 1 atom stereocenters. The summed E-state index contributed by atoms with van der Waals surface area (Å²) in [4.78, 5) is 38.2. The zero-order chi connectivity index (χ0) is 56.4. The van der Waals surface area contributed by atoms with E-state index in [1.165, 1.54) is 122 Å². The molecule has 0 fully saturated rings. The Bertz CT molecular complexity index is 1620. The van der Waals surface area contributed by atoms with Gasteiger partial charge < -0.3 is 14.2 Å². The van der Waals surface area contributed by atoms with Gasteiger partial charge in [0.25, 0.3) is 0 Å². The average molecular weight is 1080 g/mol. The average Bonchev–Trinajstić information content (AvgIpc) is 3.44. The summed E-state index contributed by atoms with van der Waals surface area (Å²) in [6, 6.07) is 0. The highest BCUT2D eigenvalue weighted by atomic mass is 16.6. The van der Waals surface area contributed by atoms with Gasteiger partial charge in [-0.15, -0.1) is 0 Å². The van der Waals surface area contributed by atoms with Gasteiger partial charge in [0.2, 0.25) is 0 Å². The molecule has 0 spiro atoms. The summed E-state index contributed by atoms with van der Waals surface area (Å²) in [5.41, 5.74) is 0. The molecule has 6 nitrogen and oxygen atoms in total. The molecule has 0 saturated heterocycles. The quantitative estimate of drug-likeness (QED) is 0.0261. The lowest BCUT2D eigenvalue weighted by molar-refractivity contribution is -0.167. The Morgan fingerprint density at radius 1 is 0.269 bits per heavy atom. The van der Waals surface area contributed by atoms with E-state index >= 15 is 0 Å². The lowest BCUT2D eigenvalue weighted by Gasteiger charge is -2.18. The van der Waals surface area contributed by atoms with Crippen LogP contribution in [0.1, 0.15) is 297 Å². The maximum atomic E-state index is 12.9. The number of esters is 3. The molecule has 0 amide bonds. The molecular formula is C72H120O6. The van der Waals surface area contributed by atoms with Crippen molar-refractivity contribution < 1.29 is 28.6 Å². The Hall–Kier alpha value is -4.19. The number of allylic oxidation sites excluding steroid dienone is 20. The van der Waals surface area contributed by atoms with Gasteiger partial charge in [-0.05, 0) is 128 Å². The van der Waals surface area contributed by atoms with Gasteiger partial charge in [0.1, 0.15) is 13.2 Å². The first-order valence-corrected chi connectivity index (χ1v) is 32.5. The minimum Gasteiger partial charge on any atom is -0.462 e. The predicted molar refractivity (Wildman–Crippen MR) is 339 cm³/mol. The molecule has 0 aliphatic rings. The predicted octanol–water partition coefficient (Wildman–Crippen LogP) is 22.4. The van der Waals surface area contributed by atoms with Crippen LogP contribution in [-0.4, -0.2) is 37.2 Å². The second kappa shape index (κ2) is 65.3. The third-order valence-corrected chi connectivity index (χ3v) is 13.7. The molecule has 0 saturated carbocycles. The highest BCUT2D eigenvalue weighted by Gasteiger charge is 2.19. The summed E-state index contributed by atoms with van der Waals surface area (Å²) in [7, 11) is 0. The standard InChI is InChI=1S/C72H120O6/c1-4-7-10-13-16-19-22-24-26-28-29-30-31-32-33-34-35-36-37-38-39-40-41-42-43-44-46-47-50-53-56-59-62-65-71(74)77-68-69(67-76-70(73)64-61-58-55-52-49-21-18-15-12-9-6-3)78-72(75)66-63-60-57-54-51-48-45-27-25-23-20-17-14-11-8-5-2/h7,10,15-16,18-20,23-24,26-27,29-30,32-33,35-36,38-39,45,69H,4-6,8-9,11-14,17,21-22,25,28,31,34,37,40-44,46-68H2,1-3H3/b10-7-,18-15-,19-16-,23-20-,26-24-,30-29-,33-32-,36-35-,39-38-,45-27-. The van der Waals surface area contributed by atoms with E-state index in [2.05, 4.69) is 142 Å². The lowest BCUT2D eigenvalue weighted by atomic mass is 10.0. The van der Waals surface area contributed by atoms with Gasteiger partial charge >= 0.3 is 17.9 Å². The third-order valence-electron chi connectivity index (χ3n) is 13.7. The van der Waals surface area contributed by atoms with Gasteiger partial charge in [-0.25, -0.2) is 0 Å². The number of hydrogen-bond donors (Lipinski definition) is 0. The van der Waals surface area contributed by atoms with E-state index < -0.39 is 6.10 Å². The Morgan fingerprint density at radius 3 is 0.833 bits per heavy atom. The summed E-state index contributed by atoms with van der Waals surface area (Å²) < 4.78 is 16.9. The van der Waals surface area contributed by atoms with E-state index in [4.69, 9.17) is 14.2 Å². The summed E-state index contributed by atoms with van der Waals surface area (Å²) in [5.74, 6) is -0.911. The first-order chi connectivity index (χ1) is 38.5.